The minimum Gasteiger partial charge on any atom is -0.493 e. The van der Waals surface area contributed by atoms with Crippen LogP contribution in [0.25, 0.3) is 0 Å². The van der Waals surface area contributed by atoms with Gasteiger partial charge in [0, 0.05) is 31.7 Å². The van der Waals surface area contributed by atoms with Crippen molar-refractivity contribution in [1.82, 2.24) is 15.5 Å². The van der Waals surface area contributed by atoms with Crippen LogP contribution >= 0.6 is 0 Å². The third-order valence-electron chi connectivity index (χ3n) is 5.23. The quantitative estimate of drug-likeness (QED) is 0.541. The molecule has 6 nitrogen and oxygen atoms in total. The molecule has 1 aromatic carbocycles. The summed E-state index contributed by atoms with van der Waals surface area (Å²) in [6.07, 6.45) is 5.18. The standard InChI is InChI=1S/C21H34N4O2/c1-4-22-21(24-17-10-12-25(13-11-17)18-7-8-18)23-15-16-6-9-19(26-3)20(14-16)27-5-2/h6,9,14,17-18H,4-5,7-8,10-13,15H2,1-3H3,(H2,22,23,24). The van der Waals surface area contributed by atoms with Gasteiger partial charge in [-0.2, -0.15) is 0 Å². The van der Waals surface area contributed by atoms with Gasteiger partial charge in [-0.15, -0.1) is 0 Å². The Bertz CT molecular complexity index is 623. The van der Waals surface area contributed by atoms with Gasteiger partial charge in [0.2, 0.25) is 0 Å². The van der Waals surface area contributed by atoms with Crippen molar-refractivity contribution in [2.24, 2.45) is 4.99 Å². The number of benzene rings is 1. The maximum absolute atomic E-state index is 5.67. The van der Waals surface area contributed by atoms with Crippen LogP contribution in [0.4, 0.5) is 0 Å². The Kier molecular flexibility index (Phi) is 7.21. The Balaban J connectivity index is 1.57. The molecule has 2 fully saturated rings. The number of nitrogens with one attached hydrogen (secondary N) is 2. The van der Waals surface area contributed by atoms with E-state index in [0.29, 0.717) is 19.2 Å². The molecule has 27 heavy (non-hydrogen) atoms. The lowest BCUT2D eigenvalue weighted by Gasteiger charge is -2.33. The Morgan fingerprint density at radius 2 is 1.93 bits per heavy atom. The molecule has 1 saturated heterocycles. The minimum absolute atomic E-state index is 0.507. The lowest BCUT2D eigenvalue weighted by molar-refractivity contribution is 0.197. The summed E-state index contributed by atoms with van der Waals surface area (Å²) >= 11 is 0. The highest BCUT2D eigenvalue weighted by Crippen LogP contribution is 2.29. The fourth-order valence-corrected chi connectivity index (χ4v) is 3.62. The zero-order valence-electron chi connectivity index (χ0n) is 17.0. The van der Waals surface area contributed by atoms with Gasteiger partial charge in [0.25, 0.3) is 0 Å². The van der Waals surface area contributed by atoms with Gasteiger partial charge < -0.3 is 25.0 Å². The van der Waals surface area contributed by atoms with E-state index in [1.54, 1.807) is 7.11 Å². The predicted molar refractivity (Wildman–Crippen MR) is 110 cm³/mol. The van der Waals surface area contributed by atoms with E-state index in [0.717, 1.165) is 35.6 Å². The van der Waals surface area contributed by atoms with Crippen LogP contribution in [0.2, 0.25) is 0 Å². The molecule has 1 heterocycles. The van der Waals surface area contributed by atoms with Crippen molar-refractivity contribution in [2.45, 2.75) is 58.2 Å². The predicted octanol–water partition coefficient (Wildman–Crippen LogP) is 2.78. The van der Waals surface area contributed by atoms with Crippen LogP contribution < -0.4 is 20.1 Å². The fraction of sp³-hybridized carbons (Fsp3) is 0.667. The van der Waals surface area contributed by atoms with Crippen LogP contribution in [0.15, 0.2) is 23.2 Å². The summed E-state index contributed by atoms with van der Waals surface area (Å²) < 4.78 is 11.0. The van der Waals surface area contributed by atoms with Crippen LogP contribution in [-0.2, 0) is 6.54 Å². The fourth-order valence-electron chi connectivity index (χ4n) is 3.62. The molecule has 150 valence electrons. The van der Waals surface area contributed by atoms with Gasteiger partial charge in [-0.3, -0.25) is 0 Å². The monoisotopic (exact) mass is 374 g/mol. The van der Waals surface area contributed by atoms with Gasteiger partial charge in [0.15, 0.2) is 17.5 Å². The molecule has 6 heteroatoms. The molecule has 1 aliphatic heterocycles. The second-order valence-electron chi connectivity index (χ2n) is 7.30. The van der Waals surface area contributed by atoms with Crippen LogP contribution in [0, 0.1) is 0 Å². The van der Waals surface area contributed by atoms with E-state index >= 15 is 0 Å². The topological polar surface area (TPSA) is 58.1 Å². The number of nitrogens with zero attached hydrogens (tertiary/aromatic N) is 2. The van der Waals surface area contributed by atoms with Crippen LogP contribution in [0.1, 0.15) is 45.1 Å². The van der Waals surface area contributed by atoms with Crippen molar-refractivity contribution in [3.63, 3.8) is 0 Å². The number of rotatable bonds is 8. The van der Waals surface area contributed by atoms with Gasteiger partial charge in [-0.25, -0.2) is 4.99 Å². The number of guanidine groups is 1. The molecule has 0 spiro atoms. The van der Waals surface area contributed by atoms with Crippen LogP contribution in [0.5, 0.6) is 11.5 Å². The summed E-state index contributed by atoms with van der Waals surface area (Å²) in [4.78, 5) is 7.43. The molecule has 3 rings (SSSR count). The highest BCUT2D eigenvalue weighted by Gasteiger charge is 2.31. The van der Waals surface area contributed by atoms with Crippen LogP contribution in [-0.4, -0.2) is 56.3 Å². The molecule has 0 atom stereocenters. The van der Waals surface area contributed by atoms with Gasteiger partial charge in [0.05, 0.1) is 20.3 Å². The van der Waals surface area contributed by atoms with Gasteiger partial charge in [0.1, 0.15) is 0 Å². The number of likely N-dealkylation sites (tertiary alicyclic amines) is 1. The van der Waals surface area contributed by atoms with E-state index in [4.69, 9.17) is 14.5 Å². The summed E-state index contributed by atoms with van der Waals surface area (Å²) in [6.45, 7) is 8.59. The number of aliphatic imine (C=N–C) groups is 1. The van der Waals surface area contributed by atoms with Crippen molar-refractivity contribution >= 4 is 5.96 Å². The molecule has 1 saturated carbocycles. The summed E-state index contributed by atoms with van der Waals surface area (Å²) in [5.41, 5.74) is 1.11. The Morgan fingerprint density at radius 1 is 1.15 bits per heavy atom. The largest absolute Gasteiger partial charge is 0.493 e. The maximum Gasteiger partial charge on any atom is 0.191 e. The first-order chi connectivity index (χ1) is 13.2. The van der Waals surface area contributed by atoms with Crippen LogP contribution in [0.3, 0.4) is 0 Å². The first kappa shape index (κ1) is 19.8. The number of hydrogen-bond acceptors (Lipinski definition) is 4. The highest BCUT2D eigenvalue weighted by molar-refractivity contribution is 5.80. The maximum atomic E-state index is 5.67. The molecular weight excluding hydrogens is 340 g/mol. The molecule has 0 amide bonds. The van der Waals surface area contributed by atoms with Gasteiger partial charge >= 0.3 is 0 Å². The zero-order valence-corrected chi connectivity index (χ0v) is 17.0. The molecule has 1 aromatic rings. The third-order valence-corrected chi connectivity index (χ3v) is 5.23. The molecule has 2 aliphatic rings. The molecule has 0 unspecified atom stereocenters. The molecule has 2 N–H and O–H groups in total. The summed E-state index contributed by atoms with van der Waals surface area (Å²) in [6, 6.07) is 7.39. The van der Waals surface area contributed by atoms with E-state index in [2.05, 4.69) is 22.5 Å². The average Bonchev–Trinajstić information content (AvgIpc) is 3.53. The van der Waals surface area contributed by atoms with Gasteiger partial charge in [-0.05, 0) is 57.2 Å². The molecule has 0 radical (unpaired) electrons. The second-order valence-corrected chi connectivity index (χ2v) is 7.30. The van der Waals surface area contributed by atoms with Crippen molar-refractivity contribution in [3.05, 3.63) is 23.8 Å². The molecular formula is C21H34N4O2. The second kappa shape index (κ2) is 9.83. The normalized spacial score (nSPS) is 19.0. The number of hydrogen-bond donors (Lipinski definition) is 2. The SMILES string of the molecule is CCNC(=NCc1ccc(OC)c(OCC)c1)NC1CCN(C2CC2)CC1. The van der Waals surface area contributed by atoms with Gasteiger partial charge in [-0.1, -0.05) is 6.07 Å². The Labute approximate surface area is 163 Å². The van der Waals surface area contributed by atoms with E-state index in [1.807, 2.05) is 25.1 Å². The molecule has 1 aliphatic carbocycles. The number of piperidine rings is 1. The molecule has 0 aromatic heterocycles. The number of methoxy groups -OCH3 is 1. The lowest BCUT2D eigenvalue weighted by Crippen LogP contribution is -2.49. The summed E-state index contributed by atoms with van der Waals surface area (Å²) in [7, 11) is 1.66. The first-order valence-corrected chi connectivity index (χ1v) is 10.3. The minimum atomic E-state index is 0.507. The summed E-state index contributed by atoms with van der Waals surface area (Å²) in [5.74, 6) is 2.44. The Hall–Kier alpha value is -1.95. The Morgan fingerprint density at radius 3 is 2.56 bits per heavy atom. The summed E-state index contributed by atoms with van der Waals surface area (Å²) in [5, 5.41) is 7.00. The highest BCUT2D eigenvalue weighted by atomic mass is 16.5. The van der Waals surface area contributed by atoms with E-state index in [9.17, 15) is 0 Å². The van der Waals surface area contributed by atoms with E-state index in [-0.39, 0.29) is 0 Å². The van der Waals surface area contributed by atoms with Crippen molar-refractivity contribution in [2.75, 3.05) is 33.4 Å². The zero-order chi connectivity index (χ0) is 19.1. The smallest absolute Gasteiger partial charge is 0.191 e. The van der Waals surface area contributed by atoms with E-state index in [1.165, 1.54) is 38.8 Å². The lowest BCUT2D eigenvalue weighted by atomic mass is 10.1. The third kappa shape index (κ3) is 5.76. The number of ether oxygens (including phenoxy) is 2. The van der Waals surface area contributed by atoms with Crippen molar-refractivity contribution < 1.29 is 9.47 Å². The van der Waals surface area contributed by atoms with Crippen molar-refractivity contribution in [3.8, 4) is 11.5 Å². The van der Waals surface area contributed by atoms with Crippen molar-refractivity contribution in [1.29, 1.82) is 0 Å². The average molecular weight is 375 g/mol. The first-order valence-electron chi connectivity index (χ1n) is 10.3. The molecule has 0 bridgehead atoms. The van der Waals surface area contributed by atoms with E-state index < -0.39 is 0 Å².